The van der Waals surface area contributed by atoms with Crippen LogP contribution < -0.4 is 4.74 Å². The molecule has 2 rings (SSSR count). The monoisotopic (exact) mass is 250 g/mol. The van der Waals surface area contributed by atoms with Crippen molar-refractivity contribution in [3.05, 3.63) is 30.3 Å². The largest absolute Gasteiger partial charge is 0.491 e. The molecule has 0 saturated carbocycles. The molecule has 0 spiro atoms. The smallest absolute Gasteiger partial charge is 0.311 e. The first-order chi connectivity index (χ1) is 8.70. The summed E-state index contributed by atoms with van der Waals surface area (Å²) in [7, 11) is 1.41. The normalized spacial score (nSPS) is 26.9. The predicted octanol–water partition coefficient (Wildman–Crippen LogP) is 2.03. The summed E-state index contributed by atoms with van der Waals surface area (Å²) in [6, 6.07) is 9.58. The van der Waals surface area contributed by atoms with Gasteiger partial charge >= 0.3 is 5.97 Å². The molecule has 1 aromatic carbocycles. The summed E-state index contributed by atoms with van der Waals surface area (Å²) >= 11 is 0. The van der Waals surface area contributed by atoms with Crippen LogP contribution in [0, 0.1) is 5.92 Å². The zero-order valence-corrected chi connectivity index (χ0v) is 10.7. The molecule has 0 aromatic heterocycles. The number of methoxy groups -OCH3 is 1. The van der Waals surface area contributed by atoms with E-state index in [1.54, 1.807) is 0 Å². The summed E-state index contributed by atoms with van der Waals surface area (Å²) in [5, 5.41) is 0. The van der Waals surface area contributed by atoms with Gasteiger partial charge in [0, 0.05) is 0 Å². The van der Waals surface area contributed by atoms with Gasteiger partial charge in [0.2, 0.25) is 0 Å². The molecule has 1 aliphatic heterocycles. The van der Waals surface area contributed by atoms with Crippen LogP contribution in [0.4, 0.5) is 0 Å². The number of esters is 1. The highest BCUT2D eigenvalue weighted by molar-refractivity contribution is 5.73. The molecular weight excluding hydrogens is 232 g/mol. The molecule has 1 aliphatic rings. The van der Waals surface area contributed by atoms with Crippen molar-refractivity contribution < 1.29 is 19.0 Å². The molecule has 98 valence electrons. The van der Waals surface area contributed by atoms with E-state index in [1.807, 2.05) is 37.3 Å². The Hall–Kier alpha value is -1.55. The Kier molecular flexibility index (Phi) is 4.20. The Bertz CT molecular complexity index is 390. The van der Waals surface area contributed by atoms with Gasteiger partial charge in [0.15, 0.2) is 0 Å². The summed E-state index contributed by atoms with van der Waals surface area (Å²) in [6.07, 6.45) is 0.492. The highest BCUT2D eigenvalue weighted by atomic mass is 16.6. The molecule has 0 N–H and O–H groups in total. The van der Waals surface area contributed by atoms with E-state index in [4.69, 9.17) is 14.2 Å². The zero-order valence-electron chi connectivity index (χ0n) is 10.7. The maximum Gasteiger partial charge on any atom is 0.311 e. The van der Waals surface area contributed by atoms with Crippen LogP contribution in [-0.4, -0.2) is 31.9 Å². The number of carbonyl (C=O) groups is 1. The van der Waals surface area contributed by atoms with Crippen LogP contribution in [0.2, 0.25) is 0 Å². The molecule has 0 unspecified atom stereocenters. The van der Waals surface area contributed by atoms with Gasteiger partial charge in [-0.25, -0.2) is 0 Å². The van der Waals surface area contributed by atoms with Gasteiger partial charge in [-0.1, -0.05) is 18.2 Å². The summed E-state index contributed by atoms with van der Waals surface area (Å²) < 4.78 is 16.1. The lowest BCUT2D eigenvalue weighted by molar-refractivity contribution is -0.146. The summed E-state index contributed by atoms with van der Waals surface area (Å²) in [4.78, 5) is 11.5. The predicted molar refractivity (Wildman–Crippen MR) is 66.4 cm³/mol. The number of para-hydroxylation sites is 1. The van der Waals surface area contributed by atoms with Crippen molar-refractivity contribution in [1.29, 1.82) is 0 Å². The van der Waals surface area contributed by atoms with Crippen molar-refractivity contribution >= 4 is 5.97 Å². The van der Waals surface area contributed by atoms with Crippen LogP contribution in [0.5, 0.6) is 5.75 Å². The molecule has 1 heterocycles. The van der Waals surface area contributed by atoms with Gasteiger partial charge in [0.1, 0.15) is 12.4 Å². The molecule has 1 saturated heterocycles. The minimum Gasteiger partial charge on any atom is -0.491 e. The second kappa shape index (κ2) is 5.87. The van der Waals surface area contributed by atoms with Crippen LogP contribution >= 0.6 is 0 Å². The van der Waals surface area contributed by atoms with Gasteiger partial charge < -0.3 is 14.2 Å². The molecule has 4 heteroatoms. The third kappa shape index (κ3) is 3.01. The fourth-order valence-electron chi connectivity index (χ4n) is 2.18. The first-order valence-electron chi connectivity index (χ1n) is 6.12. The first-order valence-corrected chi connectivity index (χ1v) is 6.12. The topological polar surface area (TPSA) is 44.8 Å². The average molecular weight is 250 g/mol. The van der Waals surface area contributed by atoms with Gasteiger partial charge in [0.05, 0.1) is 25.2 Å². The standard InChI is InChI=1S/C14H18O4/c1-10-13(14(15)16-2)8-12(18-10)9-17-11-6-4-3-5-7-11/h3-7,10,12-13H,8-9H2,1-2H3/t10-,12-,13-/m0/s1. The highest BCUT2D eigenvalue weighted by Crippen LogP contribution is 2.27. The van der Waals surface area contributed by atoms with Crippen LogP contribution in [0.3, 0.4) is 0 Å². The number of ether oxygens (including phenoxy) is 3. The van der Waals surface area contributed by atoms with Crippen molar-refractivity contribution in [2.75, 3.05) is 13.7 Å². The Morgan fingerprint density at radius 2 is 2.11 bits per heavy atom. The molecule has 0 aliphatic carbocycles. The molecule has 4 nitrogen and oxygen atoms in total. The number of rotatable bonds is 4. The molecular formula is C14H18O4. The molecule has 0 radical (unpaired) electrons. The van der Waals surface area contributed by atoms with Gasteiger partial charge in [-0.05, 0) is 25.5 Å². The van der Waals surface area contributed by atoms with E-state index in [-0.39, 0.29) is 24.1 Å². The molecule has 18 heavy (non-hydrogen) atoms. The lowest BCUT2D eigenvalue weighted by Gasteiger charge is -2.12. The molecule has 0 bridgehead atoms. The summed E-state index contributed by atoms with van der Waals surface area (Å²) in [5.74, 6) is 0.430. The molecule has 1 fully saturated rings. The third-order valence-electron chi connectivity index (χ3n) is 3.17. The Labute approximate surface area is 107 Å². The van der Waals surface area contributed by atoms with E-state index < -0.39 is 0 Å². The quantitative estimate of drug-likeness (QED) is 0.767. The van der Waals surface area contributed by atoms with E-state index in [1.165, 1.54) is 7.11 Å². The second-order valence-corrected chi connectivity index (χ2v) is 4.45. The average Bonchev–Trinajstić information content (AvgIpc) is 2.78. The minimum atomic E-state index is -0.204. The maximum atomic E-state index is 11.5. The SMILES string of the molecule is COC(=O)[C@H]1C[C@@H](COc2ccccc2)O[C@H]1C. The third-order valence-corrected chi connectivity index (χ3v) is 3.17. The zero-order chi connectivity index (χ0) is 13.0. The molecule has 0 amide bonds. The van der Waals surface area contributed by atoms with Crippen molar-refractivity contribution in [2.24, 2.45) is 5.92 Å². The molecule has 1 aromatic rings. The van der Waals surface area contributed by atoms with E-state index in [0.29, 0.717) is 13.0 Å². The van der Waals surface area contributed by atoms with Crippen LogP contribution in [-0.2, 0) is 14.3 Å². The van der Waals surface area contributed by atoms with Crippen LogP contribution in [0.15, 0.2) is 30.3 Å². The fourth-order valence-corrected chi connectivity index (χ4v) is 2.18. The number of hydrogen-bond acceptors (Lipinski definition) is 4. The number of hydrogen-bond donors (Lipinski definition) is 0. The van der Waals surface area contributed by atoms with Crippen LogP contribution in [0.1, 0.15) is 13.3 Å². The number of benzene rings is 1. The lowest BCUT2D eigenvalue weighted by atomic mass is 10.0. The minimum absolute atomic E-state index is 0.0516. The molecule has 3 atom stereocenters. The van der Waals surface area contributed by atoms with E-state index in [9.17, 15) is 4.79 Å². The first kappa shape index (κ1) is 12.9. The Morgan fingerprint density at radius 1 is 1.39 bits per heavy atom. The maximum absolute atomic E-state index is 11.5. The van der Waals surface area contributed by atoms with Gasteiger partial charge in [-0.15, -0.1) is 0 Å². The van der Waals surface area contributed by atoms with Gasteiger partial charge in [-0.2, -0.15) is 0 Å². The second-order valence-electron chi connectivity index (χ2n) is 4.45. The lowest BCUT2D eigenvalue weighted by Crippen LogP contribution is -2.22. The van der Waals surface area contributed by atoms with Crippen molar-refractivity contribution in [1.82, 2.24) is 0 Å². The van der Waals surface area contributed by atoms with E-state index in [0.717, 1.165) is 5.75 Å². The van der Waals surface area contributed by atoms with Crippen molar-refractivity contribution in [3.63, 3.8) is 0 Å². The van der Waals surface area contributed by atoms with E-state index in [2.05, 4.69) is 0 Å². The fraction of sp³-hybridized carbons (Fsp3) is 0.500. The van der Waals surface area contributed by atoms with Gasteiger partial charge in [0.25, 0.3) is 0 Å². The van der Waals surface area contributed by atoms with Crippen molar-refractivity contribution in [3.8, 4) is 5.75 Å². The van der Waals surface area contributed by atoms with Crippen LogP contribution in [0.25, 0.3) is 0 Å². The Balaban J connectivity index is 1.84. The Morgan fingerprint density at radius 3 is 2.78 bits per heavy atom. The highest BCUT2D eigenvalue weighted by Gasteiger charge is 2.38. The van der Waals surface area contributed by atoms with Gasteiger partial charge in [-0.3, -0.25) is 4.79 Å². The van der Waals surface area contributed by atoms with Crippen molar-refractivity contribution in [2.45, 2.75) is 25.6 Å². The van der Waals surface area contributed by atoms with E-state index >= 15 is 0 Å². The summed E-state index contributed by atoms with van der Waals surface area (Å²) in [5.41, 5.74) is 0. The number of carbonyl (C=O) groups excluding carboxylic acids is 1. The summed E-state index contributed by atoms with van der Waals surface area (Å²) in [6.45, 7) is 2.35.